The first kappa shape index (κ1) is 17.5. The molecule has 25 heavy (non-hydrogen) atoms. The summed E-state index contributed by atoms with van der Waals surface area (Å²) < 4.78 is 4.28. The zero-order valence-electron chi connectivity index (χ0n) is 15.3. The van der Waals surface area contributed by atoms with Crippen LogP contribution in [0.1, 0.15) is 30.6 Å². The largest absolute Gasteiger partial charge is 0.334 e. The number of hydrogen-bond donors (Lipinski definition) is 1. The van der Waals surface area contributed by atoms with Crippen LogP contribution in [0.2, 0.25) is 0 Å². The van der Waals surface area contributed by atoms with Crippen LogP contribution in [0.15, 0.2) is 18.5 Å². The van der Waals surface area contributed by atoms with Crippen LogP contribution in [0, 0.1) is 0 Å². The van der Waals surface area contributed by atoms with Crippen molar-refractivity contribution in [1.82, 2.24) is 34.4 Å². The molecule has 1 aliphatic rings. The fraction of sp³-hybridized carbons (Fsp3) is 0.588. The Kier molecular flexibility index (Phi) is 5.37. The Balaban J connectivity index is 1.59. The molecule has 0 fully saturated rings. The average Bonchev–Trinajstić information content (AvgIpc) is 3.19. The lowest BCUT2D eigenvalue weighted by Gasteiger charge is -2.27. The van der Waals surface area contributed by atoms with Gasteiger partial charge in [-0.15, -0.1) is 0 Å². The molecular weight excluding hydrogens is 318 g/mol. The number of hydrogen-bond acceptors (Lipinski definition) is 4. The summed E-state index contributed by atoms with van der Waals surface area (Å²) in [7, 11) is 3.46. The Morgan fingerprint density at radius 2 is 2.20 bits per heavy atom. The summed E-state index contributed by atoms with van der Waals surface area (Å²) >= 11 is 0. The number of carbonyl (C=O) groups is 1. The molecule has 0 bridgehead atoms. The van der Waals surface area contributed by atoms with Gasteiger partial charge in [0.25, 0.3) is 0 Å². The van der Waals surface area contributed by atoms with E-state index in [1.807, 2.05) is 10.9 Å². The normalized spacial score (nSPS) is 14.4. The van der Waals surface area contributed by atoms with Crippen molar-refractivity contribution in [2.75, 3.05) is 20.6 Å². The maximum atomic E-state index is 11.6. The number of imidazole rings is 1. The van der Waals surface area contributed by atoms with Crippen molar-refractivity contribution < 1.29 is 4.79 Å². The van der Waals surface area contributed by atoms with E-state index >= 15 is 0 Å². The first-order chi connectivity index (χ1) is 12.1. The van der Waals surface area contributed by atoms with Gasteiger partial charge in [-0.05, 0) is 12.5 Å². The van der Waals surface area contributed by atoms with Gasteiger partial charge in [0.1, 0.15) is 5.82 Å². The molecular formula is C17H27N7O. The minimum Gasteiger partial charge on any atom is -0.334 e. The summed E-state index contributed by atoms with van der Waals surface area (Å²) in [5.41, 5.74) is 2.09. The van der Waals surface area contributed by atoms with Crippen LogP contribution in [0.5, 0.6) is 0 Å². The number of carbonyl (C=O) groups excluding carboxylic acids is 1. The second-order valence-electron chi connectivity index (χ2n) is 6.65. The van der Waals surface area contributed by atoms with Gasteiger partial charge in [-0.2, -0.15) is 5.10 Å². The summed E-state index contributed by atoms with van der Waals surface area (Å²) in [5, 5.41) is 7.46. The summed E-state index contributed by atoms with van der Waals surface area (Å²) in [5.74, 6) is 1.12. The maximum Gasteiger partial charge on any atom is 0.317 e. The zero-order valence-corrected chi connectivity index (χ0v) is 15.3. The van der Waals surface area contributed by atoms with E-state index in [2.05, 4.69) is 44.1 Å². The standard InChI is InChI=1S/C17H27N7O/c1-4-6-23-7-5-18-16(23)13-22-8-9-24-15(12-22)10-14(20-24)11-19-17(25)21(2)3/h5,7,10H,4,6,8-9,11-13H2,1-3H3,(H,19,25). The third-order valence-electron chi connectivity index (χ3n) is 4.39. The zero-order chi connectivity index (χ0) is 17.8. The minimum absolute atomic E-state index is 0.102. The van der Waals surface area contributed by atoms with E-state index in [9.17, 15) is 4.79 Å². The fourth-order valence-corrected chi connectivity index (χ4v) is 3.06. The van der Waals surface area contributed by atoms with Gasteiger partial charge in [-0.25, -0.2) is 9.78 Å². The van der Waals surface area contributed by atoms with Crippen LogP contribution >= 0.6 is 0 Å². The lowest BCUT2D eigenvalue weighted by atomic mass is 10.2. The molecule has 2 amide bonds. The summed E-state index contributed by atoms with van der Waals surface area (Å²) in [6.07, 6.45) is 5.04. The molecule has 0 atom stereocenters. The van der Waals surface area contributed by atoms with E-state index in [1.165, 1.54) is 10.6 Å². The lowest BCUT2D eigenvalue weighted by Crippen LogP contribution is -2.34. The highest BCUT2D eigenvalue weighted by atomic mass is 16.2. The van der Waals surface area contributed by atoms with Crippen LogP contribution in [0.25, 0.3) is 0 Å². The molecule has 3 heterocycles. The molecule has 8 nitrogen and oxygen atoms in total. The number of rotatable bonds is 6. The molecule has 2 aromatic rings. The molecule has 0 radical (unpaired) electrons. The Labute approximate surface area is 148 Å². The molecule has 1 N–H and O–H groups in total. The molecule has 0 saturated carbocycles. The summed E-state index contributed by atoms with van der Waals surface area (Å²) in [6, 6.07) is 1.98. The number of nitrogens with zero attached hydrogens (tertiary/aromatic N) is 6. The fourth-order valence-electron chi connectivity index (χ4n) is 3.06. The molecule has 136 valence electrons. The number of amides is 2. The van der Waals surface area contributed by atoms with E-state index in [1.54, 1.807) is 14.1 Å². The van der Waals surface area contributed by atoms with Gasteiger partial charge in [0, 0.05) is 46.1 Å². The Morgan fingerprint density at radius 1 is 1.36 bits per heavy atom. The highest BCUT2D eigenvalue weighted by molar-refractivity contribution is 5.73. The predicted octanol–water partition coefficient (Wildman–Crippen LogP) is 1.28. The van der Waals surface area contributed by atoms with E-state index in [4.69, 9.17) is 0 Å². The number of fused-ring (bicyclic) bond motifs is 1. The highest BCUT2D eigenvalue weighted by Gasteiger charge is 2.20. The number of aryl methyl sites for hydroxylation is 1. The Bertz CT molecular complexity index is 718. The summed E-state index contributed by atoms with van der Waals surface area (Å²) in [6.45, 7) is 7.18. The SMILES string of the molecule is CCCn1ccnc1CN1CCn2nc(CNC(=O)N(C)C)cc2C1. The van der Waals surface area contributed by atoms with Gasteiger partial charge in [0.15, 0.2) is 0 Å². The van der Waals surface area contributed by atoms with Crippen LogP contribution < -0.4 is 5.32 Å². The molecule has 2 aromatic heterocycles. The van der Waals surface area contributed by atoms with Crippen molar-refractivity contribution >= 4 is 6.03 Å². The third kappa shape index (κ3) is 4.19. The minimum atomic E-state index is -0.102. The van der Waals surface area contributed by atoms with Crippen LogP contribution in [-0.2, 0) is 32.7 Å². The monoisotopic (exact) mass is 345 g/mol. The average molecular weight is 345 g/mol. The molecule has 1 aliphatic heterocycles. The molecule has 0 aliphatic carbocycles. The quantitative estimate of drug-likeness (QED) is 0.856. The summed E-state index contributed by atoms with van der Waals surface area (Å²) in [4.78, 5) is 20.1. The van der Waals surface area contributed by atoms with Crippen molar-refractivity contribution in [1.29, 1.82) is 0 Å². The van der Waals surface area contributed by atoms with Crippen LogP contribution in [0.4, 0.5) is 4.79 Å². The van der Waals surface area contributed by atoms with Crippen LogP contribution in [0.3, 0.4) is 0 Å². The van der Waals surface area contributed by atoms with Crippen LogP contribution in [-0.4, -0.2) is 55.8 Å². The van der Waals surface area contributed by atoms with Gasteiger partial charge in [0.2, 0.25) is 0 Å². The molecule has 3 rings (SSSR count). The van der Waals surface area contributed by atoms with Crippen molar-refractivity contribution in [3.05, 3.63) is 35.7 Å². The van der Waals surface area contributed by atoms with Crippen molar-refractivity contribution in [2.24, 2.45) is 0 Å². The molecule has 0 aromatic carbocycles. The Hall–Kier alpha value is -2.35. The molecule has 0 spiro atoms. The topological polar surface area (TPSA) is 71.2 Å². The highest BCUT2D eigenvalue weighted by Crippen LogP contribution is 2.16. The number of urea groups is 1. The first-order valence-electron chi connectivity index (χ1n) is 8.80. The van der Waals surface area contributed by atoms with E-state index in [0.717, 1.165) is 50.7 Å². The second kappa shape index (κ2) is 7.69. The van der Waals surface area contributed by atoms with Crippen molar-refractivity contribution in [3.63, 3.8) is 0 Å². The lowest BCUT2D eigenvalue weighted by molar-refractivity contribution is 0.198. The van der Waals surface area contributed by atoms with Gasteiger partial charge < -0.3 is 14.8 Å². The van der Waals surface area contributed by atoms with Gasteiger partial charge in [-0.1, -0.05) is 6.92 Å². The molecule has 0 unspecified atom stereocenters. The third-order valence-corrected chi connectivity index (χ3v) is 4.39. The van der Waals surface area contributed by atoms with Gasteiger partial charge >= 0.3 is 6.03 Å². The second-order valence-corrected chi connectivity index (χ2v) is 6.65. The van der Waals surface area contributed by atoms with E-state index < -0.39 is 0 Å². The number of aromatic nitrogens is 4. The van der Waals surface area contributed by atoms with E-state index in [-0.39, 0.29) is 6.03 Å². The molecule has 0 saturated heterocycles. The van der Waals surface area contributed by atoms with Crippen molar-refractivity contribution in [3.8, 4) is 0 Å². The van der Waals surface area contributed by atoms with Gasteiger partial charge in [0.05, 0.1) is 31.0 Å². The molecule has 8 heteroatoms. The first-order valence-corrected chi connectivity index (χ1v) is 8.80. The van der Waals surface area contributed by atoms with Crippen molar-refractivity contribution in [2.45, 2.75) is 46.1 Å². The maximum absolute atomic E-state index is 11.6. The smallest absolute Gasteiger partial charge is 0.317 e. The predicted molar refractivity (Wildman–Crippen MR) is 94.8 cm³/mol. The Morgan fingerprint density at radius 3 is 2.96 bits per heavy atom. The number of nitrogens with one attached hydrogen (secondary N) is 1. The van der Waals surface area contributed by atoms with Gasteiger partial charge in [-0.3, -0.25) is 9.58 Å². The van der Waals surface area contributed by atoms with E-state index in [0.29, 0.717) is 6.54 Å².